The minimum atomic E-state index is -3.03. The average molecular weight is 226 g/mol. The first-order valence-corrected chi connectivity index (χ1v) is 6.49. The topological polar surface area (TPSA) is 35.5 Å². The summed E-state index contributed by atoms with van der Waals surface area (Å²) in [5, 5.41) is -0.486. The molecule has 4 heteroatoms. The Labute approximate surface area is 89.9 Å². The van der Waals surface area contributed by atoms with Gasteiger partial charge in [0.05, 0.1) is 11.8 Å². The lowest BCUT2D eigenvalue weighted by atomic mass is 10.2. The maximum atomic E-state index is 12.4. The van der Waals surface area contributed by atoms with Crippen molar-refractivity contribution in [2.24, 2.45) is 0 Å². The zero-order valence-corrected chi connectivity index (χ0v) is 10.1. The number of fused-ring (bicyclic) bond motifs is 1. The predicted molar refractivity (Wildman–Crippen MR) is 59.2 cm³/mol. The van der Waals surface area contributed by atoms with Gasteiger partial charge in [-0.3, -0.25) is 4.52 Å². The highest BCUT2D eigenvalue weighted by molar-refractivity contribution is 7.56. The molecule has 0 aromatic heterocycles. The van der Waals surface area contributed by atoms with Crippen molar-refractivity contribution in [1.29, 1.82) is 0 Å². The van der Waals surface area contributed by atoms with Crippen molar-refractivity contribution in [3.05, 3.63) is 29.8 Å². The Morgan fingerprint density at radius 1 is 1.27 bits per heavy atom. The molecule has 0 fully saturated rings. The van der Waals surface area contributed by atoms with Gasteiger partial charge in [0, 0.05) is 5.56 Å². The number of benzene rings is 1. The van der Waals surface area contributed by atoms with Gasteiger partial charge in [-0.25, -0.2) is 4.57 Å². The van der Waals surface area contributed by atoms with Crippen LogP contribution in [-0.4, -0.2) is 5.16 Å². The van der Waals surface area contributed by atoms with E-state index in [4.69, 9.17) is 9.05 Å². The summed E-state index contributed by atoms with van der Waals surface area (Å²) in [7, 11) is -3.03. The molecule has 0 saturated carbocycles. The van der Waals surface area contributed by atoms with Crippen LogP contribution in [-0.2, 0) is 15.7 Å². The summed E-state index contributed by atoms with van der Waals surface area (Å²) in [4.78, 5) is 0. The maximum Gasteiger partial charge on any atom is 0.384 e. The van der Waals surface area contributed by atoms with E-state index in [0.717, 1.165) is 5.56 Å². The van der Waals surface area contributed by atoms with E-state index in [9.17, 15) is 4.57 Å². The van der Waals surface area contributed by atoms with E-state index in [1.54, 1.807) is 0 Å². The summed E-state index contributed by atoms with van der Waals surface area (Å²) in [6, 6.07) is 7.54. The maximum absolute atomic E-state index is 12.4. The molecule has 0 spiro atoms. The molecule has 0 aliphatic carbocycles. The molecule has 1 aromatic rings. The van der Waals surface area contributed by atoms with Crippen molar-refractivity contribution in [3.63, 3.8) is 0 Å². The Kier molecular flexibility index (Phi) is 2.40. The molecule has 0 bridgehead atoms. The van der Waals surface area contributed by atoms with Crippen LogP contribution in [0.1, 0.15) is 26.3 Å². The van der Waals surface area contributed by atoms with Gasteiger partial charge in [0.2, 0.25) is 0 Å². The van der Waals surface area contributed by atoms with Crippen molar-refractivity contribution in [2.45, 2.75) is 32.5 Å². The van der Waals surface area contributed by atoms with Gasteiger partial charge in [-0.2, -0.15) is 0 Å². The average Bonchev–Trinajstić information content (AvgIpc) is 2.16. The van der Waals surface area contributed by atoms with E-state index in [2.05, 4.69) is 0 Å². The fourth-order valence-corrected chi connectivity index (χ4v) is 2.81. The summed E-state index contributed by atoms with van der Waals surface area (Å²) < 4.78 is 23.3. The van der Waals surface area contributed by atoms with Crippen LogP contribution in [0.3, 0.4) is 0 Å². The fraction of sp³-hybridized carbons (Fsp3) is 0.455. The van der Waals surface area contributed by atoms with Gasteiger partial charge in [-0.1, -0.05) is 18.2 Å². The van der Waals surface area contributed by atoms with Crippen molar-refractivity contribution in [1.82, 2.24) is 0 Å². The van der Waals surface area contributed by atoms with Gasteiger partial charge in [0.1, 0.15) is 5.75 Å². The minimum absolute atomic E-state index is 0.366. The number of hydrogen-bond donors (Lipinski definition) is 0. The van der Waals surface area contributed by atoms with Gasteiger partial charge in [-0.15, -0.1) is 0 Å². The van der Waals surface area contributed by atoms with Crippen molar-refractivity contribution in [3.8, 4) is 5.75 Å². The molecule has 82 valence electrons. The Hall–Kier alpha value is -0.790. The Balaban J connectivity index is 2.38. The number of para-hydroxylation sites is 1. The van der Waals surface area contributed by atoms with Crippen molar-refractivity contribution < 1.29 is 13.6 Å². The van der Waals surface area contributed by atoms with E-state index in [0.29, 0.717) is 12.4 Å². The number of hydrogen-bond acceptors (Lipinski definition) is 3. The van der Waals surface area contributed by atoms with Gasteiger partial charge in [-0.05, 0) is 26.8 Å². The Morgan fingerprint density at radius 3 is 2.60 bits per heavy atom. The Bertz CT molecular complexity index is 420. The number of rotatable bonds is 0. The second-order valence-electron chi connectivity index (χ2n) is 4.64. The second-order valence-corrected chi connectivity index (χ2v) is 7.42. The van der Waals surface area contributed by atoms with E-state index < -0.39 is 12.8 Å². The highest BCUT2D eigenvalue weighted by Gasteiger charge is 2.43. The van der Waals surface area contributed by atoms with Crippen LogP contribution < -0.4 is 4.52 Å². The van der Waals surface area contributed by atoms with Crippen LogP contribution in [0.4, 0.5) is 0 Å². The van der Waals surface area contributed by atoms with Crippen LogP contribution >= 0.6 is 7.60 Å². The molecule has 3 nitrogen and oxygen atoms in total. The van der Waals surface area contributed by atoms with Gasteiger partial charge in [0.25, 0.3) is 0 Å². The van der Waals surface area contributed by atoms with E-state index in [-0.39, 0.29) is 0 Å². The second kappa shape index (κ2) is 3.36. The summed E-state index contributed by atoms with van der Waals surface area (Å²) in [5.74, 6) is 0.682. The third-order valence-electron chi connectivity index (χ3n) is 2.40. The molecule has 1 aliphatic rings. The molecule has 1 aliphatic heterocycles. The SMILES string of the molecule is CC(C)(C)P1(=O)OCc2ccccc2O1. The minimum Gasteiger partial charge on any atom is -0.424 e. The van der Waals surface area contributed by atoms with Crippen LogP contribution in [0, 0.1) is 0 Å². The smallest absolute Gasteiger partial charge is 0.384 e. The molecule has 1 heterocycles. The summed E-state index contributed by atoms with van der Waals surface area (Å²) in [6.45, 7) is 5.95. The monoisotopic (exact) mass is 226 g/mol. The van der Waals surface area contributed by atoms with Gasteiger partial charge >= 0.3 is 7.60 Å². The quantitative estimate of drug-likeness (QED) is 0.634. The standard InChI is InChI=1S/C11H15O3P/c1-11(2,3)15(12)13-8-9-6-4-5-7-10(9)14-15/h4-7H,8H2,1-3H3. The van der Waals surface area contributed by atoms with Crippen LogP contribution in [0.2, 0.25) is 0 Å². The van der Waals surface area contributed by atoms with Crippen LogP contribution in [0.15, 0.2) is 24.3 Å². The lowest BCUT2D eigenvalue weighted by Gasteiger charge is -2.33. The summed E-state index contributed by atoms with van der Waals surface area (Å²) >= 11 is 0. The van der Waals surface area contributed by atoms with E-state index in [1.165, 1.54) is 0 Å². The highest BCUT2D eigenvalue weighted by Crippen LogP contribution is 2.62. The third-order valence-corrected chi connectivity index (χ3v) is 4.95. The normalized spacial score (nSPS) is 25.5. The molecule has 0 saturated heterocycles. The molecular weight excluding hydrogens is 211 g/mol. The molecular formula is C11H15O3P. The zero-order valence-electron chi connectivity index (χ0n) is 9.19. The largest absolute Gasteiger partial charge is 0.424 e. The molecule has 0 N–H and O–H groups in total. The first-order chi connectivity index (χ1) is 6.92. The molecule has 2 rings (SSSR count). The summed E-state index contributed by atoms with van der Waals surface area (Å²) in [5.41, 5.74) is 0.952. The van der Waals surface area contributed by atoms with Gasteiger partial charge in [0.15, 0.2) is 0 Å². The zero-order chi connectivity index (χ0) is 11.1. The summed E-state index contributed by atoms with van der Waals surface area (Å²) in [6.07, 6.45) is 0. The lowest BCUT2D eigenvalue weighted by molar-refractivity contribution is 0.216. The van der Waals surface area contributed by atoms with Gasteiger partial charge < -0.3 is 4.52 Å². The van der Waals surface area contributed by atoms with E-state index in [1.807, 2.05) is 45.0 Å². The van der Waals surface area contributed by atoms with Crippen molar-refractivity contribution in [2.75, 3.05) is 0 Å². The highest BCUT2D eigenvalue weighted by atomic mass is 31.2. The molecule has 1 aromatic carbocycles. The van der Waals surface area contributed by atoms with Crippen LogP contribution in [0.5, 0.6) is 5.75 Å². The Morgan fingerprint density at radius 2 is 1.93 bits per heavy atom. The first kappa shape index (κ1) is 10.7. The van der Waals surface area contributed by atoms with Crippen LogP contribution in [0.25, 0.3) is 0 Å². The molecule has 15 heavy (non-hydrogen) atoms. The first-order valence-electron chi connectivity index (χ1n) is 4.95. The fourth-order valence-electron chi connectivity index (χ4n) is 1.35. The predicted octanol–water partition coefficient (Wildman–Crippen LogP) is 3.59. The lowest BCUT2D eigenvalue weighted by Crippen LogP contribution is -2.23. The third kappa shape index (κ3) is 1.82. The molecule has 0 amide bonds. The molecule has 0 radical (unpaired) electrons. The molecule has 1 unspecified atom stereocenters. The van der Waals surface area contributed by atoms with Crippen molar-refractivity contribution >= 4 is 7.60 Å². The van der Waals surface area contributed by atoms with E-state index >= 15 is 0 Å². The molecule has 1 atom stereocenters.